The molecule has 0 saturated carbocycles. The Morgan fingerprint density at radius 1 is 1.12 bits per heavy atom. The summed E-state index contributed by atoms with van der Waals surface area (Å²) >= 11 is 0. The monoisotopic (exact) mass is 340 g/mol. The van der Waals surface area contributed by atoms with Gasteiger partial charge in [0.05, 0.1) is 10.8 Å². The third kappa shape index (κ3) is 3.74. The van der Waals surface area contributed by atoms with Crippen LogP contribution in [0.2, 0.25) is 0 Å². The molecule has 0 aliphatic heterocycles. The van der Waals surface area contributed by atoms with Crippen molar-refractivity contribution in [3.8, 4) is 5.75 Å². The number of nitrogens with one attached hydrogen (secondary N) is 1. The van der Waals surface area contributed by atoms with Gasteiger partial charge in [-0.1, -0.05) is 30.3 Å². The molecule has 0 fully saturated rings. The zero-order valence-corrected chi connectivity index (χ0v) is 14.4. The maximum atomic E-state index is 12.1. The van der Waals surface area contributed by atoms with Gasteiger partial charge in [-0.15, -0.1) is 4.85 Å². The Morgan fingerprint density at radius 3 is 2.52 bits per heavy atom. The van der Waals surface area contributed by atoms with Crippen LogP contribution in [0.15, 0.2) is 53.3 Å². The van der Waals surface area contributed by atoms with Crippen molar-refractivity contribution in [2.45, 2.75) is 27.4 Å². The minimum absolute atomic E-state index is 0.327. The summed E-state index contributed by atoms with van der Waals surface area (Å²) in [5.41, 5.74) is 0.474. The molecule has 6 nitrogen and oxygen atoms in total. The number of fused-ring (bicyclic) bond motifs is 1. The second kappa shape index (κ2) is 6.47. The van der Waals surface area contributed by atoms with Crippen LogP contribution in [-0.2, 0) is 11.4 Å². The summed E-state index contributed by atoms with van der Waals surface area (Å²) in [6.45, 7) is 5.64. The number of aromatic nitrogens is 2. The first-order valence-electron chi connectivity index (χ1n) is 7.99. The lowest BCUT2D eigenvalue weighted by molar-refractivity contribution is -0.154. The maximum absolute atomic E-state index is 12.1. The molecule has 0 aliphatic carbocycles. The van der Waals surface area contributed by atoms with E-state index in [1.807, 2.05) is 30.3 Å². The molecule has 3 aromatic rings. The van der Waals surface area contributed by atoms with E-state index >= 15 is 0 Å². The van der Waals surface area contributed by atoms with Gasteiger partial charge in [-0.25, -0.2) is 9.89 Å². The molecular formula is C19H20N2O4. The molecule has 0 saturated heterocycles. The van der Waals surface area contributed by atoms with E-state index in [0.717, 1.165) is 10.4 Å². The van der Waals surface area contributed by atoms with Crippen LogP contribution in [0, 0.1) is 5.41 Å². The smallest absolute Gasteiger partial charge is 0.340 e. The van der Waals surface area contributed by atoms with E-state index in [-0.39, 0.29) is 5.56 Å². The van der Waals surface area contributed by atoms with Crippen LogP contribution in [-0.4, -0.2) is 15.9 Å². The second-order valence-electron chi connectivity index (χ2n) is 6.82. The summed E-state index contributed by atoms with van der Waals surface area (Å²) in [6.07, 6.45) is 0. The fourth-order valence-corrected chi connectivity index (χ4v) is 2.21. The highest BCUT2D eigenvalue weighted by molar-refractivity contribution is 5.81. The van der Waals surface area contributed by atoms with Gasteiger partial charge in [-0.05, 0) is 38.5 Å². The van der Waals surface area contributed by atoms with Crippen molar-refractivity contribution in [1.29, 1.82) is 0 Å². The van der Waals surface area contributed by atoms with Gasteiger partial charge in [0.25, 0.3) is 5.56 Å². The molecule has 3 rings (SSSR count). The number of ether oxygens (including phenoxy) is 1. The van der Waals surface area contributed by atoms with Crippen LogP contribution < -0.4 is 15.1 Å². The number of hydrogen-bond donors (Lipinski definition) is 1. The van der Waals surface area contributed by atoms with Crippen molar-refractivity contribution < 1.29 is 14.4 Å². The van der Waals surface area contributed by atoms with Crippen LogP contribution >= 0.6 is 0 Å². The number of H-pyrrole nitrogens is 1. The Kier molecular flexibility index (Phi) is 4.35. The molecule has 25 heavy (non-hydrogen) atoms. The molecule has 0 unspecified atom stereocenters. The standard InChI is InChI=1S/C19H20N2O4/c1-19(2,3)18(23)25-21-16-11-14(9-10-15(16)17(22)20-21)24-12-13-7-5-4-6-8-13/h4-11H,12H2,1-3H3,(H,20,22). The molecule has 0 amide bonds. The van der Waals surface area contributed by atoms with E-state index in [9.17, 15) is 9.59 Å². The number of benzene rings is 2. The van der Waals surface area contributed by atoms with Gasteiger partial charge >= 0.3 is 5.97 Å². The van der Waals surface area contributed by atoms with Gasteiger partial charge in [0.15, 0.2) is 0 Å². The topological polar surface area (TPSA) is 73.3 Å². The fourth-order valence-electron chi connectivity index (χ4n) is 2.21. The molecule has 0 aliphatic rings. The molecule has 130 valence electrons. The van der Waals surface area contributed by atoms with Gasteiger partial charge in [-0.2, -0.15) is 0 Å². The Hall–Kier alpha value is -3.02. The van der Waals surface area contributed by atoms with Crippen molar-refractivity contribution in [1.82, 2.24) is 9.94 Å². The van der Waals surface area contributed by atoms with Crippen LogP contribution in [0.25, 0.3) is 10.9 Å². The third-order valence-electron chi connectivity index (χ3n) is 3.67. The molecule has 0 atom stereocenters. The van der Waals surface area contributed by atoms with Gasteiger partial charge in [0.1, 0.15) is 17.9 Å². The number of carbonyl (C=O) groups excluding carboxylic acids is 1. The lowest BCUT2D eigenvalue weighted by Crippen LogP contribution is -2.32. The Bertz CT molecular complexity index is 949. The van der Waals surface area contributed by atoms with Crippen LogP contribution in [0.1, 0.15) is 26.3 Å². The minimum Gasteiger partial charge on any atom is -0.489 e. The average molecular weight is 340 g/mol. The lowest BCUT2D eigenvalue weighted by Gasteiger charge is -2.16. The number of aromatic amines is 1. The summed E-state index contributed by atoms with van der Waals surface area (Å²) < 4.78 is 5.77. The highest BCUT2D eigenvalue weighted by Crippen LogP contribution is 2.20. The minimum atomic E-state index is -0.686. The quantitative estimate of drug-likeness (QED) is 0.792. The molecule has 1 N–H and O–H groups in total. The molecule has 0 bridgehead atoms. The van der Waals surface area contributed by atoms with Crippen LogP contribution in [0.4, 0.5) is 0 Å². The summed E-state index contributed by atoms with van der Waals surface area (Å²) in [7, 11) is 0. The van der Waals surface area contributed by atoms with E-state index in [1.165, 1.54) is 0 Å². The molecule has 6 heteroatoms. The van der Waals surface area contributed by atoms with Gasteiger partial charge in [0.2, 0.25) is 0 Å². The second-order valence-corrected chi connectivity index (χ2v) is 6.82. The van der Waals surface area contributed by atoms with Gasteiger partial charge in [-0.3, -0.25) is 4.79 Å². The van der Waals surface area contributed by atoms with E-state index in [1.54, 1.807) is 39.0 Å². The summed E-state index contributed by atoms with van der Waals surface area (Å²) in [5, 5.41) is 2.94. The Balaban J connectivity index is 1.87. The first-order chi connectivity index (χ1) is 11.8. The zero-order chi connectivity index (χ0) is 18.0. The number of nitrogens with zero attached hydrogens (tertiary/aromatic N) is 1. The summed E-state index contributed by atoms with van der Waals surface area (Å²) in [4.78, 5) is 30.5. The SMILES string of the molecule is CC(C)(C)C(=O)On1[nH]c(=O)c2ccc(OCc3ccccc3)cc21. The first-order valence-corrected chi connectivity index (χ1v) is 7.99. The molecule has 1 aromatic heterocycles. The van der Waals surface area contributed by atoms with Crippen molar-refractivity contribution >= 4 is 16.9 Å². The average Bonchev–Trinajstić information content (AvgIpc) is 2.88. The summed E-state index contributed by atoms with van der Waals surface area (Å²) in [6, 6.07) is 14.8. The van der Waals surface area contributed by atoms with E-state index < -0.39 is 11.4 Å². The molecule has 2 aromatic carbocycles. The molecule has 0 radical (unpaired) electrons. The van der Waals surface area contributed by atoms with E-state index in [4.69, 9.17) is 9.57 Å². The maximum Gasteiger partial charge on any atom is 0.340 e. The highest BCUT2D eigenvalue weighted by atomic mass is 16.7. The van der Waals surface area contributed by atoms with Crippen LogP contribution in [0.3, 0.4) is 0 Å². The Labute approximate surface area is 144 Å². The predicted octanol–water partition coefficient (Wildman–Crippen LogP) is 2.91. The van der Waals surface area contributed by atoms with Crippen molar-refractivity contribution in [3.63, 3.8) is 0 Å². The highest BCUT2D eigenvalue weighted by Gasteiger charge is 2.25. The predicted molar refractivity (Wildman–Crippen MR) is 94.4 cm³/mol. The van der Waals surface area contributed by atoms with E-state index in [0.29, 0.717) is 23.3 Å². The number of rotatable bonds is 4. The third-order valence-corrected chi connectivity index (χ3v) is 3.67. The molecule has 0 spiro atoms. The zero-order valence-electron chi connectivity index (χ0n) is 14.4. The summed E-state index contributed by atoms with van der Waals surface area (Å²) in [5.74, 6) is 0.132. The molecular weight excluding hydrogens is 320 g/mol. The Morgan fingerprint density at radius 2 is 1.84 bits per heavy atom. The normalized spacial score (nSPS) is 11.5. The van der Waals surface area contributed by atoms with Gasteiger partial charge in [0, 0.05) is 6.07 Å². The fraction of sp³-hybridized carbons (Fsp3) is 0.263. The largest absolute Gasteiger partial charge is 0.489 e. The van der Waals surface area contributed by atoms with Crippen molar-refractivity contribution in [3.05, 3.63) is 64.4 Å². The number of carbonyl (C=O) groups is 1. The van der Waals surface area contributed by atoms with Crippen LogP contribution in [0.5, 0.6) is 5.75 Å². The lowest BCUT2D eigenvalue weighted by atomic mass is 9.98. The van der Waals surface area contributed by atoms with Gasteiger partial charge < -0.3 is 9.57 Å². The van der Waals surface area contributed by atoms with Crippen molar-refractivity contribution in [2.75, 3.05) is 0 Å². The number of hydrogen-bond acceptors (Lipinski definition) is 4. The van der Waals surface area contributed by atoms with E-state index in [2.05, 4.69) is 5.10 Å². The molecule has 1 heterocycles. The first kappa shape index (κ1) is 16.8. The van der Waals surface area contributed by atoms with Crippen molar-refractivity contribution in [2.24, 2.45) is 5.41 Å².